The normalized spacial score (nSPS) is 10.6. The second-order valence-corrected chi connectivity index (χ2v) is 3.59. The Morgan fingerprint density at radius 2 is 2.21 bits per heavy atom. The van der Waals surface area contributed by atoms with Gasteiger partial charge in [0, 0.05) is 21.5 Å². The predicted octanol–water partition coefficient (Wildman–Crippen LogP) is 2.65. The Morgan fingerprint density at radius 1 is 1.50 bits per heavy atom. The molecule has 1 N–H and O–H groups in total. The van der Waals surface area contributed by atoms with E-state index in [4.69, 9.17) is 0 Å². The molecule has 1 heterocycles. The quantitative estimate of drug-likeness (QED) is 0.585. The lowest BCUT2D eigenvalue weighted by atomic mass is 10.2. The summed E-state index contributed by atoms with van der Waals surface area (Å²) >= 11 is 1.13. The number of benzene rings is 1. The van der Waals surface area contributed by atoms with Crippen molar-refractivity contribution in [1.82, 2.24) is 0 Å². The summed E-state index contributed by atoms with van der Waals surface area (Å²) in [6.45, 7) is 0. The first-order valence-electron chi connectivity index (χ1n) is 3.63. The zero-order chi connectivity index (χ0) is 10.3. The van der Waals surface area contributed by atoms with Crippen molar-refractivity contribution in [3.05, 3.63) is 33.4 Å². The van der Waals surface area contributed by atoms with Crippen LogP contribution in [0.1, 0.15) is 0 Å². The number of thiophene rings is 1. The fraction of sp³-hybridized carbons (Fsp3) is 0. The summed E-state index contributed by atoms with van der Waals surface area (Å²) in [5.41, 5.74) is -0.570. The second kappa shape index (κ2) is 2.91. The molecule has 0 atom stereocenters. The van der Waals surface area contributed by atoms with Crippen LogP contribution >= 0.6 is 11.3 Å². The van der Waals surface area contributed by atoms with Gasteiger partial charge in [0.15, 0.2) is 0 Å². The van der Waals surface area contributed by atoms with Crippen LogP contribution in [-0.2, 0) is 0 Å². The van der Waals surface area contributed by atoms with Crippen LogP contribution in [0.15, 0.2) is 17.5 Å². The van der Waals surface area contributed by atoms with Gasteiger partial charge in [-0.25, -0.2) is 0 Å². The minimum Gasteiger partial charge on any atom is -0.506 e. The number of halogens is 1. The molecule has 14 heavy (non-hydrogen) atoms. The zero-order valence-electron chi connectivity index (χ0n) is 6.73. The molecule has 1 aromatic carbocycles. The highest BCUT2D eigenvalue weighted by Crippen LogP contribution is 2.35. The molecule has 2 aromatic rings. The van der Waals surface area contributed by atoms with Crippen molar-refractivity contribution >= 4 is 27.1 Å². The molecule has 0 saturated heterocycles. The highest BCUT2D eigenvalue weighted by Gasteiger charge is 2.17. The molecule has 0 spiro atoms. The minimum absolute atomic E-state index is 0.0567. The van der Waals surface area contributed by atoms with Gasteiger partial charge in [-0.1, -0.05) is 0 Å². The van der Waals surface area contributed by atoms with Crippen molar-refractivity contribution in [3.63, 3.8) is 0 Å². The summed E-state index contributed by atoms with van der Waals surface area (Å²) in [7, 11) is 0. The highest BCUT2D eigenvalue weighted by molar-refractivity contribution is 7.17. The van der Waals surface area contributed by atoms with Gasteiger partial charge in [-0.15, -0.1) is 11.3 Å². The van der Waals surface area contributed by atoms with Gasteiger partial charge in [0.2, 0.25) is 5.82 Å². The molecule has 0 bridgehead atoms. The Labute approximate surface area is 81.4 Å². The third-order valence-corrected chi connectivity index (χ3v) is 2.75. The van der Waals surface area contributed by atoms with Crippen LogP contribution in [0.3, 0.4) is 0 Å². The zero-order valence-corrected chi connectivity index (χ0v) is 7.55. The molecule has 6 heteroatoms. The lowest BCUT2D eigenvalue weighted by Crippen LogP contribution is -1.91. The van der Waals surface area contributed by atoms with E-state index in [1.807, 2.05) is 0 Å². The van der Waals surface area contributed by atoms with Crippen molar-refractivity contribution in [2.45, 2.75) is 0 Å². The number of hydrogen-bond acceptors (Lipinski definition) is 4. The Balaban J connectivity index is 2.79. The maximum absolute atomic E-state index is 13.1. The molecule has 0 radical (unpaired) electrons. The van der Waals surface area contributed by atoms with Crippen LogP contribution in [-0.4, -0.2) is 10.0 Å². The molecule has 0 aliphatic rings. The maximum atomic E-state index is 13.1. The molecule has 1 aromatic heterocycles. The average molecular weight is 213 g/mol. The molecule has 4 nitrogen and oxygen atoms in total. The fourth-order valence-corrected chi connectivity index (χ4v) is 2.00. The molecule has 0 saturated carbocycles. The molecule has 0 amide bonds. The highest BCUT2D eigenvalue weighted by atomic mass is 32.1. The third kappa shape index (κ3) is 1.20. The van der Waals surface area contributed by atoms with E-state index in [0.717, 1.165) is 23.5 Å². The Kier molecular flexibility index (Phi) is 1.85. The molecular weight excluding hydrogens is 209 g/mol. The van der Waals surface area contributed by atoms with Crippen molar-refractivity contribution < 1.29 is 14.4 Å². The standard InChI is InChI=1S/C8H4FNO3S/c9-5-1-4-7(11)3-14-8(4)2-6(5)10(12)13/h1-3,11H. The topological polar surface area (TPSA) is 63.4 Å². The van der Waals surface area contributed by atoms with Gasteiger partial charge >= 0.3 is 5.69 Å². The summed E-state index contributed by atoms with van der Waals surface area (Å²) < 4.78 is 13.6. The Bertz CT molecular complexity index is 523. The molecule has 0 aliphatic heterocycles. The van der Waals surface area contributed by atoms with Gasteiger partial charge < -0.3 is 5.11 Å². The summed E-state index contributed by atoms with van der Waals surface area (Å²) in [6.07, 6.45) is 0. The molecule has 0 fully saturated rings. The SMILES string of the molecule is O=[N+]([O-])c1cc2scc(O)c2cc1F. The number of rotatable bonds is 1. The van der Waals surface area contributed by atoms with Crippen molar-refractivity contribution in [2.24, 2.45) is 0 Å². The maximum Gasteiger partial charge on any atom is 0.306 e. The fourth-order valence-electron chi connectivity index (χ4n) is 1.16. The minimum atomic E-state index is -0.934. The molecular formula is C8H4FNO3S. The summed E-state index contributed by atoms with van der Waals surface area (Å²) in [5.74, 6) is -0.991. The van der Waals surface area contributed by atoms with E-state index in [1.165, 1.54) is 5.38 Å². The van der Waals surface area contributed by atoms with Crippen LogP contribution in [0.5, 0.6) is 5.75 Å². The van der Waals surface area contributed by atoms with Crippen LogP contribution in [0.4, 0.5) is 10.1 Å². The summed E-state index contributed by atoms with van der Waals surface area (Å²) in [6, 6.07) is 2.09. The number of aromatic hydroxyl groups is 1. The average Bonchev–Trinajstić information content (AvgIpc) is 2.46. The second-order valence-electron chi connectivity index (χ2n) is 2.68. The Morgan fingerprint density at radius 3 is 2.86 bits per heavy atom. The Hall–Kier alpha value is -1.69. The van der Waals surface area contributed by atoms with Gasteiger partial charge in [0.1, 0.15) is 5.75 Å². The molecule has 2 rings (SSSR count). The van der Waals surface area contributed by atoms with E-state index in [1.54, 1.807) is 0 Å². The van der Waals surface area contributed by atoms with E-state index >= 15 is 0 Å². The van der Waals surface area contributed by atoms with Crippen molar-refractivity contribution in [2.75, 3.05) is 0 Å². The monoisotopic (exact) mass is 213 g/mol. The lowest BCUT2D eigenvalue weighted by molar-refractivity contribution is -0.387. The van der Waals surface area contributed by atoms with Crippen LogP contribution in [0.2, 0.25) is 0 Å². The first kappa shape index (κ1) is 8.89. The van der Waals surface area contributed by atoms with E-state index < -0.39 is 16.4 Å². The number of nitro benzene ring substituents is 1. The van der Waals surface area contributed by atoms with Gasteiger partial charge in [-0.05, 0) is 6.07 Å². The van der Waals surface area contributed by atoms with Gasteiger partial charge in [0.05, 0.1) is 4.92 Å². The summed E-state index contributed by atoms with van der Waals surface area (Å²) in [5, 5.41) is 21.3. The van der Waals surface area contributed by atoms with Crippen LogP contribution in [0, 0.1) is 15.9 Å². The predicted molar refractivity (Wildman–Crippen MR) is 50.1 cm³/mol. The third-order valence-electron chi connectivity index (χ3n) is 1.82. The first-order valence-corrected chi connectivity index (χ1v) is 4.51. The van der Waals surface area contributed by atoms with Gasteiger partial charge in [0.25, 0.3) is 0 Å². The van der Waals surface area contributed by atoms with Gasteiger partial charge in [-0.3, -0.25) is 10.1 Å². The summed E-state index contributed by atoms with van der Waals surface area (Å²) in [4.78, 5) is 9.59. The van der Waals surface area contributed by atoms with E-state index in [-0.39, 0.29) is 5.75 Å². The van der Waals surface area contributed by atoms with Crippen LogP contribution in [0.25, 0.3) is 10.1 Å². The number of hydrogen-bond donors (Lipinski definition) is 1. The number of nitro groups is 1. The number of nitrogens with zero attached hydrogens (tertiary/aromatic N) is 1. The smallest absolute Gasteiger partial charge is 0.306 e. The van der Waals surface area contributed by atoms with Gasteiger partial charge in [-0.2, -0.15) is 4.39 Å². The molecule has 0 unspecified atom stereocenters. The number of fused-ring (bicyclic) bond motifs is 1. The first-order chi connectivity index (χ1) is 6.59. The van der Waals surface area contributed by atoms with E-state index in [0.29, 0.717) is 10.1 Å². The van der Waals surface area contributed by atoms with E-state index in [2.05, 4.69) is 0 Å². The largest absolute Gasteiger partial charge is 0.506 e. The van der Waals surface area contributed by atoms with Crippen LogP contribution < -0.4 is 0 Å². The van der Waals surface area contributed by atoms with Crippen molar-refractivity contribution in [1.29, 1.82) is 0 Å². The molecule has 72 valence electrons. The molecule has 0 aliphatic carbocycles. The van der Waals surface area contributed by atoms with Crippen molar-refractivity contribution in [3.8, 4) is 5.75 Å². The van der Waals surface area contributed by atoms with E-state index in [9.17, 15) is 19.6 Å². The lowest BCUT2D eigenvalue weighted by Gasteiger charge is -1.94.